The van der Waals surface area contributed by atoms with E-state index in [2.05, 4.69) is 10.3 Å². The zero-order valence-electron chi connectivity index (χ0n) is 10.5. The van der Waals surface area contributed by atoms with Gasteiger partial charge in [0.2, 0.25) is 0 Å². The number of hydrogen-bond acceptors (Lipinski definition) is 5. The second-order valence-electron chi connectivity index (χ2n) is 3.62. The van der Waals surface area contributed by atoms with Gasteiger partial charge in [-0.25, -0.2) is 4.98 Å². The lowest BCUT2D eigenvalue weighted by atomic mass is 10.2. The highest BCUT2D eigenvalue weighted by Crippen LogP contribution is 2.30. The third-order valence-electron chi connectivity index (χ3n) is 2.41. The van der Waals surface area contributed by atoms with E-state index in [4.69, 9.17) is 13.9 Å². The molecule has 0 fully saturated rings. The molecule has 2 aromatic rings. The van der Waals surface area contributed by atoms with Crippen LogP contribution in [0.5, 0.6) is 11.5 Å². The Kier molecular flexibility index (Phi) is 4.06. The van der Waals surface area contributed by atoms with Gasteiger partial charge in [0.25, 0.3) is 0 Å². The molecular weight excluding hydrogens is 232 g/mol. The molecule has 0 bridgehead atoms. The summed E-state index contributed by atoms with van der Waals surface area (Å²) in [5, 5.41) is 3.23. The van der Waals surface area contributed by atoms with E-state index in [1.165, 1.54) is 6.39 Å². The van der Waals surface area contributed by atoms with Crippen molar-refractivity contribution in [1.29, 1.82) is 0 Å². The minimum Gasteiger partial charge on any atom is -0.493 e. The molecule has 1 aromatic heterocycles. The van der Waals surface area contributed by atoms with Gasteiger partial charge in [-0.1, -0.05) is 0 Å². The monoisotopic (exact) mass is 248 g/mol. The Morgan fingerprint density at radius 3 is 2.89 bits per heavy atom. The summed E-state index contributed by atoms with van der Waals surface area (Å²) in [6.07, 6.45) is 3.09. The molecule has 0 aliphatic heterocycles. The molecule has 1 aromatic carbocycles. The lowest BCUT2D eigenvalue weighted by molar-refractivity contribution is 0.311. The Morgan fingerprint density at radius 1 is 1.33 bits per heavy atom. The molecule has 96 valence electrons. The van der Waals surface area contributed by atoms with Gasteiger partial charge in [0, 0.05) is 11.8 Å². The molecule has 2 rings (SSSR count). The highest BCUT2D eigenvalue weighted by molar-refractivity contribution is 5.54. The van der Waals surface area contributed by atoms with E-state index in [-0.39, 0.29) is 0 Å². The van der Waals surface area contributed by atoms with Crippen LogP contribution in [0.2, 0.25) is 0 Å². The van der Waals surface area contributed by atoms with Crippen molar-refractivity contribution in [2.45, 2.75) is 13.5 Å². The summed E-state index contributed by atoms with van der Waals surface area (Å²) >= 11 is 0. The first-order chi connectivity index (χ1) is 8.83. The fourth-order valence-corrected chi connectivity index (χ4v) is 1.57. The third kappa shape index (κ3) is 2.94. The van der Waals surface area contributed by atoms with Gasteiger partial charge in [-0.15, -0.1) is 0 Å². The van der Waals surface area contributed by atoms with E-state index in [1.807, 2.05) is 25.1 Å². The maximum atomic E-state index is 5.50. The summed E-state index contributed by atoms with van der Waals surface area (Å²) in [6, 6.07) is 5.70. The van der Waals surface area contributed by atoms with Crippen LogP contribution in [0.1, 0.15) is 12.7 Å². The molecule has 0 spiro atoms. The fourth-order valence-electron chi connectivity index (χ4n) is 1.57. The lowest BCUT2D eigenvalue weighted by Gasteiger charge is -2.11. The first-order valence-corrected chi connectivity index (χ1v) is 5.75. The zero-order chi connectivity index (χ0) is 12.8. The van der Waals surface area contributed by atoms with Gasteiger partial charge >= 0.3 is 0 Å². The van der Waals surface area contributed by atoms with Gasteiger partial charge in [-0.05, 0) is 19.1 Å². The van der Waals surface area contributed by atoms with Crippen LogP contribution in [-0.2, 0) is 6.54 Å². The summed E-state index contributed by atoms with van der Waals surface area (Å²) in [5.41, 5.74) is 0.940. The predicted octanol–water partition coefficient (Wildman–Crippen LogP) is 2.69. The number of benzene rings is 1. The van der Waals surface area contributed by atoms with Crippen LogP contribution >= 0.6 is 0 Å². The average molecular weight is 248 g/mol. The van der Waals surface area contributed by atoms with Gasteiger partial charge in [0.05, 0.1) is 26.5 Å². The van der Waals surface area contributed by atoms with E-state index in [0.29, 0.717) is 13.2 Å². The number of anilines is 1. The second kappa shape index (κ2) is 5.95. The molecule has 1 N–H and O–H groups in total. The molecule has 0 unspecified atom stereocenters. The average Bonchev–Trinajstić information content (AvgIpc) is 2.90. The topological polar surface area (TPSA) is 56.5 Å². The van der Waals surface area contributed by atoms with Gasteiger partial charge < -0.3 is 19.2 Å². The number of rotatable bonds is 6. The predicted molar refractivity (Wildman–Crippen MR) is 68.0 cm³/mol. The summed E-state index contributed by atoms with van der Waals surface area (Å²) in [6.45, 7) is 3.12. The maximum absolute atomic E-state index is 5.50. The highest BCUT2D eigenvalue weighted by Gasteiger charge is 2.05. The van der Waals surface area contributed by atoms with E-state index >= 15 is 0 Å². The minimum atomic E-state index is 0.581. The van der Waals surface area contributed by atoms with E-state index in [0.717, 1.165) is 22.9 Å². The third-order valence-corrected chi connectivity index (χ3v) is 2.41. The molecule has 0 aliphatic carbocycles. The summed E-state index contributed by atoms with van der Waals surface area (Å²) in [5.74, 6) is 2.23. The van der Waals surface area contributed by atoms with Gasteiger partial charge in [-0.2, -0.15) is 0 Å². The molecule has 5 nitrogen and oxygen atoms in total. The van der Waals surface area contributed by atoms with Crippen molar-refractivity contribution in [3.8, 4) is 11.5 Å². The first-order valence-electron chi connectivity index (χ1n) is 5.75. The smallest absolute Gasteiger partial charge is 0.180 e. The minimum absolute atomic E-state index is 0.581. The van der Waals surface area contributed by atoms with Crippen LogP contribution in [0.4, 0.5) is 5.69 Å². The number of ether oxygens (including phenoxy) is 2. The molecule has 5 heteroatoms. The molecule has 18 heavy (non-hydrogen) atoms. The van der Waals surface area contributed by atoms with Crippen LogP contribution in [0, 0.1) is 0 Å². The number of hydrogen-bond donors (Lipinski definition) is 1. The van der Waals surface area contributed by atoms with E-state index in [9.17, 15) is 0 Å². The number of aromatic nitrogens is 1. The van der Waals surface area contributed by atoms with Gasteiger partial charge in [-0.3, -0.25) is 0 Å². The maximum Gasteiger partial charge on any atom is 0.180 e. The number of oxazole rings is 1. The van der Waals surface area contributed by atoms with Crippen LogP contribution in [-0.4, -0.2) is 18.7 Å². The van der Waals surface area contributed by atoms with Gasteiger partial charge in [0.1, 0.15) is 5.76 Å². The Bertz CT molecular complexity index is 483. The van der Waals surface area contributed by atoms with Crippen molar-refractivity contribution in [1.82, 2.24) is 4.98 Å². The normalized spacial score (nSPS) is 10.1. The van der Waals surface area contributed by atoms with Crippen molar-refractivity contribution < 1.29 is 13.9 Å². The highest BCUT2D eigenvalue weighted by atomic mass is 16.5. The van der Waals surface area contributed by atoms with Crippen LogP contribution in [0.25, 0.3) is 0 Å². The Hall–Kier alpha value is -2.17. The summed E-state index contributed by atoms with van der Waals surface area (Å²) in [4.78, 5) is 3.86. The molecule has 0 radical (unpaired) electrons. The molecule has 0 saturated heterocycles. The van der Waals surface area contributed by atoms with Crippen LogP contribution < -0.4 is 14.8 Å². The Labute approximate surface area is 106 Å². The van der Waals surface area contributed by atoms with E-state index in [1.54, 1.807) is 13.3 Å². The Balaban J connectivity index is 2.06. The van der Waals surface area contributed by atoms with Crippen molar-refractivity contribution in [2.75, 3.05) is 19.0 Å². The van der Waals surface area contributed by atoms with Crippen molar-refractivity contribution in [3.63, 3.8) is 0 Å². The standard InChI is InChI=1S/C13H16N2O3/c1-3-17-13-6-10(4-5-12(13)16-2)15-8-11-7-14-9-18-11/h4-7,9,15H,3,8H2,1-2H3. The SMILES string of the molecule is CCOc1cc(NCc2cnco2)ccc1OC. The number of methoxy groups -OCH3 is 1. The second-order valence-corrected chi connectivity index (χ2v) is 3.62. The van der Waals surface area contributed by atoms with Crippen LogP contribution in [0.15, 0.2) is 35.2 Å². The van der Waals surface area contributed by atoms with E-state index < -0.39 is 0 Å². The summed E-state index contributed by atoms with van der Waals surface area (Å²) < 4.78 is 15.9. The lowest BCUT2D eigenvalue weighted by Crippen LogP contribution is -2.00. The Morgan fingerprint density at radius 2 is 2.22 bits per heavy atom. The molecule has 0 aliphatic rings. The van der Waals surface area contributed by atoms with Crippen molar-refractivity contribution >= 4 is 5.69 Å². The van der Waals surface area contributed by atoms with Crippen molar-refractivity contribution in [2.24, 2.45) is 0 Å². The van der Waals surface area contributed by atoms with Crippen molar-refractivity contribution in [3.05, 3.63) is 36.5 Å². The molecule has 0 saturated carbocycles. The quantitative estimate of drug-likeness (QED) is 0.851. The zero-order valence-corrected chi connectivity index (χ0v) is 10.5. The molecular formula is C13H16N2O3. The molecule has 1 heterocycles. The first kappa shape index (κ1) is 12.3. The fraction of sp³-hybridized carbons (Fsp3) is 0.308. The summed E-state index contributed by atoms with van der Waals surface area (Å²) in [7, 11) is 1.62. The molecule has 0 amide bonds. The number of nitrogens with zero attached hydrogens (tertiary/aromatic N) is 1. The molecule has 0 atom stereocenters. The van der Waals surface area contributed by atoms with Gasteiger partial charge in [0.15, 0.2) is 17.9 Å². The largest absolute Gasteiger partial charge is 0.493 e. The number of nitrogens with one attached hydrogen (secondary N) is 1. The van der Waals surface area contributed by atoms with Crippen LogP contribution in [0.3, 0.4) is 0 Å².